The molecule has 0 aromatic heterocycles. The lowest BCUT2D eigenvalue weighted by atomic mass is 9.83. The van der Waals surface area contributed by atoms with Crippen LogP contribution in [-0.4, -0.2) is 24.8 Å². The standard InChI is InChI=1S/C7H15FN2.C2H6/c1-5-3-10-4-6(9)7(5,2)8;1-2/h5-6,10H,3-4,9H2,1-2H3;1-2H3. The molecule has 0 aromatic rings. The highest BCUT2D eigenvalue weighted by atomic mass is 19.1. The van der Waals surface area contributed by atoms with Crippen LogP contribution >= 0.6 is 0 Å². The SMILES string of the molecule is CC.CC1CNCC(N)C1(C)F. The van der Waals surface area contributed by atoms with Crippen molar-refractivity contribution >= 4 is 0 Å². The maximum Gasteiger partial charge on any atom is 0.128 e. The third-order valence-corrected chi connectivity index (χ3v) is 2.50. The van der Waals surface area contributed by atoms with Gasteiger partial charge in [-0.05, 0) is 6.92 Å². The molecule has 0 radical (unpaired) electrons. The van der Waals surface area contributed by atoms with Crippen LogP contribution < -0.4 is 11.1 Å². The average molecular weight is 176 g/mol. The van der Waals surface area contributed by atoms with Crippen molar-refractivity contribution in [3.63, 3.8) is 0 Å². The fraction of sp³-hybridized carbons (Fsp3) is 1.00. The summed E-state index contributed by atoms with van der Waals surface area (Å²) in [7, 11) is 0. The summed E-state index contributed by atoms with van der Waals surface area (Å²) in [5.74, 6) is 0.0243. The molecule has 0 amide bonds. The van der Waals surface area contributed by atoms with E-state index >= 15 is 0 Å². The molecule has 0 saturated carbocycles. The Labute approximate surface area is 74.7 Å². The van der Waals surface area contributed by atoms with Crippen molar-refractivity contribution in [2.45, 2.75) is 39.4 Å². The number of nitrogens with two attached hydrogens (primary N) is 1. The number of rotatable bonds is 0. The molecule has 0 aromatic carbocycles. The average Bonchev–Trinajstić information content (AvgIpc) is 2.05. The van der Waals surface area contributed by atoms with Crippen LogP contribution in [0.4, 0.5) is 4.39 Å². The van der Waals surface area contributed by atoms with Crippen LogP contribution in [0.25, 0.3) is 0 Å². The Hall–Kier alpha value is -0.150. The van der Waals surface area contributed by atoms with Crippen molar-refractivity contribution in [3.8, 4) is 0 Å². The van der Waals surface area contributed by atoms with E-state index in [1.807, 2.05) is 20.8 Å². The van der Waals surface area contributed by atoms with E-state index in [-0.39, 0.29) is 12.0 Å². The molecule has 0 bridgehead atoms. The first-order valence-electron chi connectivity index (χ1n) is 4.70. The highest BCUT2D eigenvalue weighted by Crippen LogP contribution is 2.26. The molecule has 1 rings (SSSR count). The largest absolute Gasteiger partial charge is 0.324 e. The Balaban J connectivity index is 0.000000561. The van der Waals surface area contributed by atoms with Gasteiger partial charge >= 0.3 is 0 Å². The van der Waals surface area contributed by atoms with Gasteiger partial charge in [0.05, 0.1) is 6.04 Å². The summed E-state index contributed by atoms with van der Waals surface area (Å²) in [6.07, 6.45) is 0. The van der Waals surface area contributed by atoms with Crippen LogP contribution in [0.3, 0.4) is 0 Å². The van der Waals surface area contributed by atoms with Crippen LogP contribution in [0.5, 0.6) is 0 Å². The minimum absolute atomic E-state index is 0.0243. The predicted octanol–water partition coefficient (Wildman–Crippen LogP) is 1.31. The molecule has 0 aliphatic carbocycles. The molecule has 12 heavy (non-hydrogen) atoms. The number of nitrogens with one attached hydrogen (secondary N) is 1. The Bertz CT molecular complexity index is 114. The monoisotopic (exact) mass is 176 g/mol. The minimum Gasteiger partial charge on any atom is -0.324 e. The van der Waals surface area contributed by atoms with Gasteiger partial charge in [0.25, 0.3) is 0 Å². The fourth-order valence-electron chi connectivity index (χ4n) is 1.22. The second-order valence-electron chi connectivity index (χ2n) is 3.32. The number of hydrogen-bond donors (Lipinski definition) is 2. The first kappa shape index (κ1) is 11.8. The normalized spacial score (nSPS) is 41.5. The van der Waals surface area contributed by atoms with E-state index in [4.69, 9.17) is 5.73 Å². The van der Waals surface area contributed by atoms with Crippen molar-refractivity contribution in [1.82, 2.24) is 5.32 Å². The quantitative estimate of drug-likeness (QED) is 0.584. The van der Waals surface area contributed by atoms with E-state index in [0.29, 0.717) is 6.54 Å². The van der Waals surface area contributed by atoms with Crippen molar-refractivity contribution in [2.24, 2.45) is 11.7 Å². The lowest BCUT2D eigenvalue weighted by Crippen LogP contribution is -2.59. The molecular formula is C9H21FN2. The lowest BCUT2D eigenvalue weighted by molar-refractivity contribution is 0.0561. The Morgan fingerprint density at radius 2 is 1.92 bits per heavy atom. The molecule has 3 unspecified atom stereocenters. The van der Waals surface area contributed by atoms with Gasteiger partial charge in [0.15, 0.2) is 0 Å². The zero-order valence-corrected chi connectivity index (χ0v) is 8.52. The maximum absolute atomic E-state index is 13.5. The second-order valence-corrected chi connectivity index (χ2v) is 3.32. The van der Waals surface area contributed by atoms with Gasteiger partial charge in [0.2, 0.25) is 0 Å². The molecule has 3 N–H and O–H groups in total. The predicted molar refractivity (Wildman–Crippen MR) is 50.9 cm³/mol. The van der Waals surface area contributed by atoms with Gasteiger partial charge in [-0.1, -0.05) is 20.8 Å². The van der Waals surface area contributed by atoms with Gasteiger partial charge < -0.3 is 11.1 Å². The maximum atomic E-state index is 13.5. The topological polar surface area (TPSA) is 38.0 Å². The third-order valence-electron chi connectivity index (χ3n) is 2.50. The minimum atomic E-state index is -1.19. The smallest absolute Gasteiger partial charge is 0.128 e. The molecule has 1 heterocycles. The highest BCUT2D eigenvalue weighted by molar-refractivity contribution is 4.96. The molecular weight excluding hydrogens is 155 g/mol. The van der Waals surface area contributed by atoms with E-state index < -0.39 is 5.67 Å². The zero-order valence-electron chi connectivity index (χ0n) is 8.52. The molecule has 1 saturated heterocycles. The molecule has 0 spiro atoms. The fourth-order valence-corrected chi connectivity index (χ4v) is 1.22. The number of piperidine rings is 1. The highest BCUT2D eigenvalue weighted by Gasteiger charge is 2.39. The molecule has 1 aliphatic heterocycles. The molecule has 3 heteroatoms. The van der Waals surface area contributed by atoms with Crippen LogP contribution in [0, 0.1) is 5.92 Å². The summed E-state index contributed by atoms with van der Waals surface area (Å²) in [6, 6.07) is -0.351. The molecule has 74 valence electrons. The molecule has 1 aliphatic rings. The first-order valence-corrected chi connectivity index (χ1v) is 4.70. The number of alkyl halides is 1. The third kappa shape index (κ3) is 2.42. The zero-order chi connectivity index (χ0) is 9.78. The summed E-state index contributed by atoms with van der Waals surface area (Å²) in [4.78, 5) is 0. The Kier molecular flexibility index (Phi) is 4.71. The molecule has 1 fully saturated rings. The van der Waals surface area contributed by atoms with Gasteiger partial charge in [0.1, 0.15) is 5.67 Å². The van der Waals surface area contributed by atoms with Crippen molar-refractivity contribution in [1.29, 1.82) is 0 Å². The van der Waals surface area contributed by atoms with E-state index in [2.05, 4.69) is 5.32 Å². The van der Waals surface area contributed by atoms with Gasteiger partial charge in [-0.3, -0.25) is 0 Å². The van der Waals surface area contributed by atoms with Crippen LogP contribution in [0.2, 0.25) is 0 Å². The van der Waals surface area contributed by atoms with Crippen molar-refractivity contribution in [3.05, 3.63) is 0 Å². The summed E-state index contributed by atoms with van der Waals surface area (Å²) in [5.41, 5.74) is 4.38. The summed E-state index contributed by atoms with van der Waals surface area (Å²) < 4.78 is 13.5. The summed E-state index contributed by atoms with van der Waals surface area (Å²) >= 11 is 0. The lowest BCUT2D eigenvalue weighted by Gasteiger charge is -2.38. The summed E-state index contributed by atoms with van der Waals surface area (Å²) in [6.45, 7) is 8.80. The molecule has 3 atom stereocenters. The van der Waals surface area contributed by atoms with Gasteiger partial charge in [-0.15, -0.1) is 0 Å². The second kappa shape index (κ2) is 4.77. The van der Waals surface area contributed by atoms with Gasteiger partial charge in [-0.25, -0.2) is 4.39 Å². The number of hydrogen-bond acceptors (Lipinski definition) is 2. The van der Waals surface area contributed by atoms with Crippen LogP contribution in [0.1, 0.15) is 27.7 Å². The van der Waals surface area contributed by atoms with Crippen LogP contribution in [0.15, 0.2) is 0 Å². The van der Waals surface area contributed by atoms with Gasteiger partial charge in [-0.2, -0.15) is 0 Å². The number of halogens is 1. The summed E-state index contributed by atoms with van der Waals surface area (Å²) in [5, 5.41) is 3.07. The van der Waals surface area contributed by atoms with E-state index in [0.717, 1.165) is 6.54 Å². The van der Waals surface area contributed by atoms with E-state index in [1.54, 1.807) is 6.92 Å². The van der Waals surface area contributed by atoms with E-state index in [9.17, 15) is 4.39 Å². The van der Waals surface area contributed by atoms with E-state index in [1.165, 1.54) is 0 Å². The van der Waals surface area contributed by atoms with Crippen molar-refractivity contribution < 1.29 is 4.39 Å². The molecule has 2 nitrogen and oxygen atoms in total. The first-order chi connectivity index (χ1) is 5.55. The van der Waals surface area contributed by atoms with Gasteiger partial charge in [0, 0.05) is 19.0 Å². The van der Waals surface area contributed by atoms with Crippen LogP contribution in [-0.2, 0) is 0 Å². The van der Waals surface area contributed by atoms with Crippen molar-refractivity contribution in [2.75, 3.05) is 13.1 Å². The Morgan fingerprint density at radius 1 is 1.42 bits per heavy atom. The Morgan fingerprint density at radius 3 is 2.25 bits per heavy atom.